The lowest BCUT2D eigenvalue weighted by Crippen LogP contribution is -2.33. The van der Waals surface area contributed by atoms with E-state index in [-0.39, 0.29) is 5.91 Å². The van der Waals surface area contributed by atoms with Gasteiger partial charge in [-0.1, -0.05) is 17.9 Å². The largest absolute Gasteiger partial charge is 0.457 e. The summed E-state index contributed by atoms with van der Waals surface area (Å²) in [4.78, 5) is 27.4. The predicted octanol–water partition coefficient (Wildman–Crippen LogP) is 4.95. The summed E-state index contributed by atoms with van der Waals surface area (Å²) in [7, 11) is 1.86. The van der Waals surface area contributed by atoms with E-state index in [1.165, 1.54) is 12.4 Å². The van der Waals surface area contributed by atoms with Crippen LogP contribution >= 0.6 is 0 Å². The van der Waals surface area contributed by atoms with E-state index in [1.54, 1.807) is 9.58 Å². The van der Waals surface area contributed by atoms with Gasteiger partial charge >= 0.3 is 0 Å². The van der Waals surface area contributed by atoms with Gasteiger partial charge in [-0.05, 0) is 73.0 Å². The summed E-state index contributed by atoms with van der Waals surface area (Å²) < 4.78 is 7.86. The summed E-state index contributed by atoms with van der Waals surface area (Å²) in [5, 5.41) is 11.6. The number of amides is 1. The van der Waals surface area contributed by atoms with Crippen LogP contribution in [0.2, 0.25) is 0 Å². The normalized spacial score (nSPS) is 13.4. The highest BCUT2D eigenvalue weighted by molar-refractivity contribution is 5.89. The molecule has 0 unspecified atom stereocenters. The number of hydrogen-bond acceptors (Lipinski definition) is 8. The minimum atomic E-state index is -0.0602. The van der Waals surface area contributed by atoms with Crippen LogP contribution in [0.15, 0.2) is 73.6 Å². The lowest BCUT2D eigenvalue weighted by molar-refractivity contribution is -0.125. The second-order valence-electron chi connectivity index (χ2n) is 9.33. The first-order valence-corrected chi connectivity index (χ1v) is 12.6. The van der Waals surface area contributed by atoms with Crippen molar-refractivity contribution in [1.29, 1.82) is 0 Å². The molecular weight excluding hydrogens is 492 g/mol. The molecule has 2 aromatic carbocycles. The van der Waals surface area contributed by atoms with E-state index in [9.17, 15) is 4.79 Å². The molecule has 0 fully saturated rings. The van der Waals surface area contributed by atoms with Crippen LogP contribution in [0.25, 0.3) is 27.6 Å². The van der Waals surface area contributed by atoms with Crippen LogP contribution in [0.1, 0.15) is 17.7 Å². The summed E-state index contributed by atoms with van der Waals surface area (Å²) >= 11 is 0. The Morgan fingerprint density at radius 2 is 2.00 bits per heavy atom. The molecule has 3 aromatic heterocycles. The zero-order valence-corrected chi connectivity index (χ0v) is 21.6. The predicted molar refractivity (Wildman–Crippen MR) is 150 cm³/mol. The Bertz CT molecular complexity index is 1770. The molecule has 10 heteroatoms. The zero-order valence-electron chi connectivity index (χ0n) is 21.6. The lowest BCUT2D eigenvalue weighted by Gasteiger charge is -2.25. The van der Waals surface area contributed by atoms with Crippen LogP contribution in [0.4, 0.5) is 11.5 Å². The fraction of sp³-hybridized carbons (Fsp3) is 0.172. The number of benzene rings is 2. The smallest absolute Gasteiger partial charge is 0.246 e. The number of carbonyl (C=O) groups is 1. The first-order chi connectivity index (χ1) is 19.0. The van der Waals surface area contributed by atoms with Gasteiger partial charge in [-0.2, -0.15) is 0 Å². The Kier molecular flexibility index (Phi) is 6.20. The minimum Gasteiger partial charge on any atom is -0.457 e. The number of carbonyl (C=O) groups excluding carboxylic acids is 1. The van der Waals surface area contributed by atoms with Gasteiger partial charge in [0, 0.05) is 31.9 Å². The second kappa shape index (κ2) is 9.97. The van der Waals surface area contributed by atoms with Crippen LogP contribution in [0.5, 0.6) is 11.5 Å². The maximum atomic E-state index is 11.9. The molecule has 39 heavy (non-hydrogen) atoms. The number of rotatable bonds is 6. The number of ether oxygens (including phenoxy) is 1. The van der Waals surface area contributed by atoms with E-state index in [0.717, 1.165) is 51.2 Å². The van der Waals surface area contributed by atoms with Gasteiger partial charge in [0.15, 0.2) is 5.82 Å². The SMILES string of the molecule is C=CC(=O)N1CC=C(c2ccc3ncnc(Nc4ccc(Oc5ccc6c(c5)nnn6C)c(C)c4)c3n2)CC1. The molecular formula is C29H26N8O2. The topological polar surface area (TPSA) is 111 Å². The Morgan fingerprint density at radius 3 is 2.79 bits per heavy atom. The number of aryl methyl sites for hydroxylation is 2. The first-order valence-electron chi connectivity index (χ1n) is 12.6. The van der Waals surface area contributed by atoms with Gasteiger partial charge < -0.3 is 15.0 Å². The van der Waals surface area contributed by atoms with Crippen LogP contribution in [0.3, 0.4) is 0 Å². The van der Waals surface area contributed by atoms with Gasteiger partial charge in [-0.3, -0.25) is 4.79 Å². The third-order valence-electron chi connectivity index (χ3n) is 6.75. The summed E-state index contributed by atoms with van der Waals surface area (Å²) in [6, 6.07) is 15.5. The highest BCUT2D eigenvalue weighted by atomic mass is 16.5. The number of anilines is 2. The number of fused-ring (bicyclic) bond motifs is 2. The minimum absolute atomic E-state index is 0.0602. The fourth-order valence-electron chi connectivity index (χ4n) is 4.63. The summed E-state index contributed by atoms with van der Waals surface area (Å²) in [5.74, 6) is 1.99. The average molecular weight is 519 g/mol. The molecule has 1 aliphatic heterocycles. The Balaban J connectivity index is 1.23. The molecule has 4 heterocycles. The highest BCUT2D eigenvalue weighted by Crippen LogP contribution is 2.31. The van der Waals surface area contributed by atoms with E-state index >= 15 is 0 Å². The van der Waals surface area contributed by atoms with Crippen molar-refractivity contribution in [3.05, 3.63) is 84.8 Å². The number of nitrogens with one attached hydrogen (secondary N) is 1. The maximum Gasteiger partial charge on any atom is 0.246 e. The number of hydrogen-bond donors (Lipinski definition) is 1. The molecule has 1 aliphatic rings. The molecule has 5 aromatic rings. The third kappa shape index (κ3) is 4.79. The van der Waals surface area contributed by atoms with E-state index < -0.39 is 0 Å². The zero-order chi connectivity index (χ0) is 26.9. The van der Waals surface area contributed by atoms with Crippen molar-refractivity contribution in [3.8, 4) is 11.5 Å². The summed E-state index contributed by atoms with van der Waals surface area (Å²) in [5.41, 5.74) is 6.90. The van der Waals surface area contributed by atoms with Gasteiger partial charge in [-0.15, -0.1) is 5.10 Å². The summed E-state index contributed by atoms with van der Waals surface area (Å²) in [6.07, 6.45) is 5.64. The van der Waals surface area contributed by atoms with Crippen LogP contribution < -0.4 is 10.1 Å². The molecule has 1 amide bonds. The molecule has 0 saturated heterocycles. The number of nitrogens with zero attached hydrogens (tertiary/aromatic N) is 7. The molecule has 10 nitrogen and oxygen atoms in total. The van der Waals surface area contributed by atoms with Crippen molar-refractivity contribution < 1.29 is 9.53 Å². The third-order valence-corrected chi connectivity index (χ3v) is 6.75. The second-order valence-corrected chi connectivity index (χ2v) is 9.33. The Labute approximate surface area is 224 Å². The standard InChI is InChI=1S/C29H26N8O2/c1-4-27(38)37-13-11-19(12-14-37)22-7-8-23-28(33-22)29(31-17-30-23)32-20-5-10-26(18(2)15-20)39-21-6-9-25-24(16-21)34-35-36(25)3/h4-11,15-17H,1,12-14H2,2-3H3,(H,30,31,32). The van der Waals surface area contributed by atoms with E-state index in [0.29, 0.717) is 30.2 Å². The molecule has 0 spiro atoms. The monoisotopic (exact) mass is 518 g/mol. The maximum absolute atomic E-state index is 11.9. The van der Waals surface area contributed by atoms with E-state index in [2.05, 4.69) is 32.2 Å². The average Bonchev–Trinajstić information content (AvgIpc) is 3.34. The van der Waals surface area contributed by atoms with Crippen LogP contribution in [-0.4, -0.2) is 53.8 Å². The molecule has 0 aliphatic carbocycles. The lowest BCUT2D eigenvalue weighted by atomic mass is 10.0. The van der Waals surface area contributed by atoms with Gasteiger partial charge in [0.2, 0.25) is 5.91 Å². The quantitative estimate of drug-likeness (QED) is 0.314. The van der Waals surface area contributed by atoms with Gasteiger partial charge in [0.1, 0.15) is 28.9 Å². The van der Waals surface area contributed by atoms with Crippen molar-refractivity contribution in [1.82, 2.24) is 34.8 Å². The van der Waals surface area contributed by atoms with Gasteiger partial charge in [0.05, 0.1) is 16.7 Å². The van der Waals surface area contributed by atoms with Gasteiger partial charge in [-0.25, -0.2) is 19.6 Å². The summed E-state index contributed by atoms with van der Waals surface area (Å²) in [6.45, 7) is 6.74. The fourth-order valence-corrected chi connectivity index (χ4v) is 4.63. The molecule has 0 saturated carbocycles. The van der Waals surface area contributed by atoms with E-state index in [4.69, 9.17) is 9.72 Å². The molecule has 1 N–H and O–H groups in total. The van der Waals surface area contributed by atoms with Crippen LogP contribution in [0, 0.1) is 6.92 Å². The van der Waals surface area contributed by atoms with E-state index in [1.807, 2.05) is 68.6 Å². The Hall–Kier alpha value is -5.12. The van der Waals surface area contributed by atoms with Crippen LogP contribution in [-0.2, 0) is 11.8 Å². The molecule has 194 valence electrons. The van der Waals surface area contributed by atoms with Gasteiger partial charge in [0.25, 0.3) is 0 Å². The van der Waals surface area contributed by atoms with Crippen molar-refractivity contribution in [2.45, 2.75) is 13.3 Å². The highest BCUT2D eigenvalue weighted by Gasteiger charge is 2.17. The first kappa shape index (κ1) is 24.2. The molecule has 6 rings (SSSR count). The molecule has 0 radical (unpaired) electrons. The van der Waals surface area contributed by atoms with Crippen molar-refractivity contribution in [3.63, 3.8) is 0 Å². The van der Waals surface area contributed by atoms with Crippen molar-refractivity contribution in [2.75, 3.05) is 18.4 Å². The van der Waals surface area contributed by atoms with Crippen molar-refractivity contribution in [2.24, 2.45) is 7.05 Å². The molecule has 0 atom stereocenters. The number of aromatic nitrogens is 6. The Morgan fingerprint density at radius 1 is 1.10 bits per heavy atom. The van der Waals surface area contributed by atoms with Crippen molar-refractivity contribution >= 4 is 45.1 Å². The number of pyridine rings is 1. The molecule has 0 bridgehead atoms.